The Labute approximate surface area is 120 Å². The lowest BCUT2D eigenvalue weighted by molar-refractivity contribution is -0.0927. The second-order valence-corrected chi connectivity index (χ2v) is 5.37. The monoisotopic (exact) mass is 277 g/mol. The zero-order valence-electron chi connectivity index (χ0n) is 11.9. The summed E-state index contributed by atoms with van der Waals surface area (Å²) in [6.07, 6.45) is 3.23. The molecule has 1 atom stereocenters. The van der Waals surface area contributed by atoms with Gasteiger partial charge in [-0.25, -0.2) is 4.98 Å². The summed E-state index contributed by atoms with van der Waals surface area (Å²) < 4.78 is 11.1. The molecule has 2 aliphatic rings. The van der Waals surface area contributed by atoms with Crippen molar-refractivity contribution in [3.05, 3.63) is 24.4 Å². The number of nitrogens with zero attached hydrogens (tertiary/aromatic N) is 3. The van der Waals surface area contributed by atoms with Gasteiger partial charge in [-0.15, -0.1) is 0 Å². The number of ether oxygens (including phenoxy) is 2. The molecule has 2 saturated heterocycles. The fraction of sp³-hybridized carbons (Fsp3) is 0.667. The Bertz CT molecular complexity index is 387. The van der Waals surface area contributed by atoms with Crippen LogP contribution in [0.15, 0.2) is 24.4 Å². The minimum absolute atomic E-state index is 0.289. The molecular weight excluding hydrogens is 254 g/mol. The Balaban J connectivity index is 1.40. The zero-order chi connectivity index (χ0) is 13.6. The van der Waals surface area contributed by atoms with Crippen molar-refractivity contribution in [3.8, 4) is 0 Å². The average molecular weight is 277 g/mol. The van der Waals surface area contributed by atoms with Gasteiger partial charge in [-0.05, 0) is 18.6 Å². The van der Waals surface area contributed by atoms with Crippen LogP contribution in [-0.4, -0.2) is 68.5 Å². The van der Waals surface area contributed by atoms with Crippen LogP contribution in [0.25, 0.3) is 0 Å². The molecule has 5 nitrogen and oxygen atoms in total. The van der Waals surface area contributed by atoms with E-state index in [1.54, 1.807) is 0 Å². The van der Waals surface area contributed by atoms with Gasteiger partial charge in [0.1, 0.15) is 5.82 Å². The normalized spacial score (nSPS) is 24.8. The topological polar surface area (TPSA) is 37.8 Å². The summed E-state index contributed by atoms with van der Waals surface area (Å²) in [6.45, 7) is 7.67. The Morgan fingerprint density at radius 3 is 2.75 bits per heavy atom. The van der Waals surface area contributed by atoms with Crippen molar-refractivity contribution < 1.29 is 9.47 Å². The molecule has 0 spiro atoms. The number of hydrogen-bond acceptors (Lipinski definition) is 5. The summed E-state index contributed by atoms with van der Waals surface area (Å²) in [5.74, 6) is 1.09. The SMILES string of the molecule is c1ccc(N2CCN(CCC3COCCO3)CC2)nc1. The Hall–Kier alpha value is -1.17. The van der Waals surface area contributed by atoms with E-state index in [9.17, 15) is 0 Å². The van der Waals surface area contributed by atoms with Crippen LogP contribution in [0.1, 0.15) is 6.42 Å². The summed E-state index contributed by atoms with van der Waals surface area (Å²) >= 11 is 0. The van der Waals surface area contributed by atoms with E-state index in [1.165, 1.54) is 0 Å². The predicted octanol–water partition coefficient (Wildman–Crippen LogP) is 1.01. The van der Waals surface area contributed by atoms with Crippen LogP contribution < -0.4 is 4.90 Å². The third-order valence-electron chi connectivity index (χ3n) is 4.00. The fourth-order valence-electron chi connectivity index (χ4n) is 2.77. The van der Waals surface area contributed by atoms with Crippen LogP contribution in [0.3, 0.4) is 0 Å². The number of hydrogen-bond donors (Lipinski definition) is 0. The highest BCUT2D eigenvalue weighted by Crippen LogP contribution is 2.13. The summed E-state index contributed by atoms with van der Waals surface area (Å²) in [5.41, 5.74) is 0. The number of piperazine rings is 1. The Morgan fingerprint density at radius 1 is 1.15 bits per heavy atom. The van der Waals surface area contributed by atoms with Crippen molar-refractivity contribution in [3.63, 3.8) is 0 Å². The third-order valence-corrected chi connectivity index (χ3v) is 4.00. The molecule has 2 fully saturated rings. The molecule has 1 aromatic heterocycles. The summed E-state index contributed by atoms with van der Waals surface area (Å²) in [7, 11) is 0. The molecule has 0 amide bonds. The second-order valence-electron chi connectivity index (χ2n) is 5.37. The fourth-order valence-corrected chi connectivity index (χ4v) is 2.77. The number of rotatable bonds is 4. The van der Waals surface area contributed by atoms with E-state index < -0.39 is 0 Å². The molecule has 0 N–H and O–H groups in total. The van der Waals surface area contributed by atoms with Crippen LogP contribution in [0.5, 0.6) is 0 Å². The van der Waals surface area contributed by atoms with Gasteiger partial charge in [0.2, 0.25) is 0 Å². The van der Waals surface area contributed by atoms with Crippen LogP contribution in [-0.2, 0) is 9.47 Å². The maximum absolute atomic E-state index is 5.69. The van der Waals surface area contributed by atoms with Gasteiger partial charge in [-0.2, -0.15) is 0 Å². The first-order valence-corrected chi connectivity index (χ1v) is 7.49. The molecule has 0 bridgehead atoms. The first-order chi connectivity index (χ1) is 9.92. The molecule has 1 aromatic rings. The average Bonchev–Trinajstić information content (AvgIpc) is 2.55. The quantitative estimate of drug-likeness (QED) is 0.821. The van der Waals surface area contributed by atoms with Crippen molar-refractivity contribution in [2.75, 3.05) is 57.4 Å². The lowest BCUT2D eigenvalue weighted by Gasteiger charge is -2.36. The molecule has 5 heteroatoms. The zero-order valence-corrected chi connectivity index (χ0v) is 11.9. The van der Waals surface area contributed by atoms with Crippen molar-refractivity contribution in [2.24, 2.45) is 0 Å². The molecule has 0 radical (unpaired) electrons. The lowest BCUT2D eigenvalue weighted by atomic mass is 10.2. The van der Waals surface area contributed by atoms with E-state index >= 15 is 0 Å². The highest BCUT2D eigenvalue weighted by Gasteiger charge is 2.20. The second kappa shape index (κ2) is 7.02. The first-order valence-electron chi connectivity index (χ1n) is 7.49. The van der Waals surface area contributed by atoms with Crippen molar-refractivity contribution in [2.45, 2.75) is 12.5 Å². The lowest BCUT2D eigenvalue weighted by Crippen LogP contribution is -2.47. The maximum Gasteiger partial charge on any atom is 0.128 e. The van der Waals surface area contributed by atoms with E-state index in [4.69, 9.17) is 9.47 Å². The number of pyridine rings is 1. The smallest absolute Gasteiger partial charge is 0.128 e. The van der Waals surface area contributed by atoms with Gasteiger partial charge in [0.15, 0.2) is 0 Å². The van der Waals surface area contributed by atoms with E-state index in [0.717, 1.165) is 64.8 Å². The van der Waals surface area contributed by atoms with Gasteiger partial charge >= 0.3 is 0 Å². The van der Waals surface area contributed by atoms with Gasteiger partial charge < -0.3 is 14.4 Å². The molecule has 3 heterocycles. The number of anilines is 1. The van der Waals surface area contributed by atoms with Gasteiger partial charge in [0.05, 0.1) is 25.9 Å². The number of aromatic nitrogens is 1. The minimum Gasteiger partial charge on any atom is -0.376 e. The largest absolute Gasteiger partial charge is 0.376 e. The molecule has 2 aliphatic heterocycles. The van der Waals surface area contributed by atoms with Gasteiger partial charge in [0, 0.05) is 38.9 Å². The highest BCUT2D eigenvalue weighted by molar-refractivity contribution is 5.38. The molecule has 0 aromatic carbocycles. The summed E-state index contributed by atoms with van der Waals surface area (Å²) in [4.78, 5) is 9.29. The van der Waals surface area contributed by atoms with Crippen LogP contribution in [0, 0.1) is 0 Å². The van der Waals surface area contributed by atoms with E-state index in [1.807, 2.05) is 12.3 Å². The van der Waals surface area contributed by atoms with Crippen LogP contribution in [0.2, 0.25) is 0 Å². The van der Waals surface area contributed by atoms with Crippen molar-refractivity contribution in [1.29, 1.82) is 0 Å². The van der Waals surface area contributed by atoms with Crippen LogP contribution >= 0.6 is 0 Å². The Morgan fingerprint density at radius 2 is 2.05 bits per heavy atom. The molecular formula is C15H23N3O2. The summed E-state index contributed by atoms with van der Waals surface area (Å²) in [6, 6.07) is 6.10. The third kappa shape index (κ3) is 3.69. The highest BCUT2D eigenvalue weighted by atomic mass is 16.6. The van der Waals surface area contributed by atoms with Gasteiger partial charge in [-0.3, -0.25) is 4.90 Å². The van der Waals surface area contributed by atoms with Crippen molar-refractivity contribution in [1.82, 2.24) is 9.88 Å². The maximum atomic E-state index is 5.69. The van der Waals surface area contributed by atoms with E-state index in [0.29, 0.717) is 0 Å². The molecule has 110 valence electrons. The van der Waals surface area contributed by atoms with Crippen molar-refractivity contribution >= 4 is 5.82 Å². The van der Waals surface area contributed by atoms with Crippen LogP contribution in [0.4, 0.5) is 5.82 Å². The molecule has 0 aliphatic carbocycles. The summed E-state index contributed by atoms with van der Waals surface area (Å²) in [5, 5.41) is 0. The van der Waals surface area contributed by atoms with E-state index in [-0.39, 0.29) is 6.10 Å². The molecule has 1 unspecified atom stereocenters. The van der Waals surface area contributed by atoms with Gasteiger partial charge in [-0.1, -0.05) is 6.07 Å². The minimum atomic E-state index is 0.289. The Kier molecular flexibility index (Phi) is 4.84. The first kappa shape index (κ1) is 13.8. The molecule has 0 saturated carbocycles. The molecule has 3 rings (SSSR count). The predicted molar refractivity (Wildman–Crippen MR) is 78.1 cm³/mol. The molecule has 20 heavy (non-hydrogen) atoms. The van der Waals surface area contributed by atoms with Gasteiger partial charge in [0.25, 0.3) is 0 Å². The standard InChI is InChI=1S/C15H23N3O2/c1-2-5-16-15(3-1)18-9-7-17(8-10-18)6-4-14-13-19-11-12-20-14/h1-3,5,14H,4,6-13H2. The van der Waals surface area contributed by atoms with E-state index in [2.05, 4.69) is 26.9 Å².